The number of hydrogen-bond donors (Lipinski definition) is 14. The van der Waals surface area contributed by atoms with Crippen LogP contribution in [0.2, 0.25) is 0 Å². The van der Waals surface area contributed by atoms with E-state index in [1.54, 1.807) is 93.7 Å². The second-order valence-corrected chi connectivity index (χ2v) is 22.3. The minimum absolute atomic E-state index is 0.0209. The Morgan fingerprint density at radius 3 is 1.66 bits per heavy atom. The molecule has 1 aromatic heterocycles. The molecule has 2 aromatic rings. The van der Waals surface area contributed by atoms with Gasteiger partial charge in [-0.3, -0.25) is 43.2 Å². The zero-order valence-corrected chi connectivity index (χ0v) is 49.1. The molecule has 3 rings (SSSR count). The molecule has 0 bridgehead atoms. The van der Waals surface area contributed by atoms with Gasteiger partial charge in [0.15, 0.2) is 19.6 Å². The van der Waals surface area contributed by atoms with Gasteiger partial charge in [0, 0.05) is 33.0 Å². The minimum atomic E-state index is -1.77. The van der Waals surface area contributed by atoms with Crippen molar-refractivity contribution in [2.75, 3.05) is 32.8 Å². The van der Waals surface area contributed by atoms with Crippen LogP contribution in [0.4, 0.5) is 9.59 Å². The second-order valence-electron chi connectivity index (χ2n) is 22.3. The first kappa shape index (κ1) is 69.4. The van der Waals surface area contributed by atoms with E-state index in [0.29, 0.717) is 5.56 Å². The molecule has 83 heavy (non-hydrogen) atoms. The molecular weight excluding hydrogens is 1090 g/mol. The molecule has 0 unspecified atom stereocenters. The summed E-state index contributed by atoms with van der Waals surface area (Å²) in [5.74, 6) is -8.90. The maximum Gasteiger partial charge on any atom is 0.407 e. The maximum absolute atomic E-state index is 14.6. The quantitative estimate of drug-likeness (QED) is 0.0624. The summed E-state index contributed by atoms with van der Waals surface area (Å²) in [5.41, 5.74) is -1.48. The van der Waals surface area contributed by atoms with Crippen molar-refractivity contribution in [1.29, 1.82) is 0 Å². The van der Waals surface area contributed by atoms with Crippen molar-refractivity contribution >= 4 is 73.3 Å². The molecule has 2 heterocycles. The molecule has 0 spiro atoms. The van der Waals surface area contributed by atoms with Gasteiger partial charge in [-0.15, -0.1) is 0 Å². The van der Waals surface area contributed by atoms with E-state index in [4.69, 9.17) is 13.9 Å². The number of amides is 11. The summed E-state index contributed by atoms with van der Waals surface area (Å²) in [6.45, 7) is 14.0. The van der Waals surface area contributed by atoms with Gasteiger partial charge in [0.25, 0.3) is 5.91 Å². The molecule has 0 radical (unpaired) electrons. The molecule has 0 saturated carbocycles. The number of benzene rings is 1. The lowest BCUT2D eigenvalue weighted by atomic mass is 10.00. The van der Waals surface area contributed by atoms with Crippen molar-refractivity contribution in [3.05, 3.63) is 53.7 Å². The number of nitrogens with one attached hydrogen (secondary N) is 12. The van der Waals surface area contributed by atoms with Crippen LogP contribution in [0.3, 0.4) is 0 Å². The highest BCUT2D eigenvalue weighted by Crippen LogP contribution is 2.13. The molecule has 1 saturated heterocycles. The third-order valence-electron chi connectivity index (χ3n) is 12.1. The molecule has 0 aliphatic carbocycles. The van der Waals surface area contributed by atoms with Crippen molar-refractivity contribution < 1.29 is 76.8 Å². The van der Waals surface area contributed by atoms with Crippen molar-refractivity contribution in [2.24, 2.45) is 5.92 Å². The summed E-state index contributed by atoms with van der Waals surface area (Å²) in [6.07, 6.45) is -3.77. The number of alkyl carbamates (subject to hydrolysis) is 2. The molecule has 1 aliphatic rings. The predicted molar refractivity (Wildman–Crippen MR) is 301 cm³/mol. The average molecular weight is 1170 g/mol. The Morgan fingerprint density at radius 1 is 0.699 bits per heavy atom. The van der Waals surface area contributed by atoms with Crippen molar-refractivity contribution in [1.82, 2.24) is 68.7 Å². The molecule has 29 nitrogen and oxygen atoms in total. The molecule has 11 amide bonds. The lowest BCUT2D eigenvalue weighted by Gasteiger charge is -2.29. The number of rotatable bonds is 19. The SMILES string of the molecule is BNCC[C@@H]1NC(=O)[C@@H](NC(=O)[C@@H](CO)NC(=O)c2coc(C)n2)CCNC(=O)[C@H]([C@@H](C)O)NC(=O)[C@H](CCNC(=O)OC(C)(C)C)NC(=O)[C@H](CCNC(=O)OC(C)(C)C)NC(=O)[C@H](CC(C)C)NC(=O)[C@@H](Cc2ccccc2)NC1=O. The number of aliphatic hydroxyl groups excluding tert-OH is 2. The zero-order chi connectivity index (χ0) is 62.2. The summed E-state index contributed by atoms with van der Waals surface area (Å²) < 4.78 is 15.7. The van der Waals surface area contributed by atoms with E-state index in [9.17, 15) is 63.0 Å². The Kier molecular flexibility index (Phi) is 27.8. The van der Waals surface area contributed by atoms with E-state index < -0.39 is 151 Å². The smallest absolute Gasteiger partial charge is 0.407 e. The van der Waals surface area contributed by atoms with Crippen LogP contribution < -0.4 is 63.7 Å². The molecular formula is C53H84BN13O16. The maximum atomic E-state index is 14.6. The lowest BCUT2D eigenvalue weighted by molar-refractivity contribution is -0.136. The Morgan fingerprint density at radius 2 is 1.18 bits per heavy atom. The summed E-state index contributed by atoms with van der Waals surface area (Å²) in [4.78, 5) is 157. The average Bonchev–Trinajstić information content (AvgIpc) is 3.85. The van der Waals surface area contributed by atoms with E-state index in [1.807, 2.05) is 0 Å². The number of aromatic nitrogens is 1. The Hall–Kier alpha value is -7.86. The van der Waals surface area contributed by atoms with Crippen LogP contribution >= 0.6 is 0 Å². The van der Waals surface area contributed by atoms with E-state index in [-0.39, 0.29) is 69.2 Å². The predicted octanol–water partition coefficient (Wildman–Crippen LogP) is -2.99. The molecule has 460 valence electrons. The standard InChI is InChI=1S/C53H84BN13O16/c1-28(2)24-36-45(74)62-33(17-21-56-50(79)82-52(5,6)7)42(71)60-34(18-22-57-51(80)83-53(8,9)10)44(73)67-40(29(3)69)49(78)55-20-16-32(63-47(76)38(26-68)66-48(77)39-27-81-30(4)59-39)41(70)61-35(19-23-58-54)43(72)65-37(46(75)64-36)25-31-14-12-11-13-15-31/h11-15,27-29,32-38,40,58,68-69H,16-26,54H2,1-10H3,(H,55,78)(H,56,79)(H,57,80)(H,60,71)(H,61,70)(H,62,74)(H,63,76)(H,64,75)(H,65,72)(H,66,77)(H,67,73)/t29-,32+,33+,34+,35+,36+,37-,38-,40+/m1/s1. The normalized spacial score (nSPS) is 21.9. The van der Waals surface area contributed by atoms with Crippen LogP contribution in [-0.4, -0.2) is 187 Å². The number of nitrogens with zero attached hydrogens (tertiary/aromatic N) is 1. The van der Waals surface area contributed by atoms with E-state index in [1.165, 1.54) is 13.8 Å². The van der Waals surface area contributed by atoms with Gasteiger partial charge >= 0.3 is 12.2 Å². The fourth-order valence-corrected chi connectivity index (χ4v) is 8.03. The van der Waals surface area contributed by atoms with Gasteiger partial charge in [0.2, 0.25) is 47.3 Å². The summed E-state index contributed by atoms with van der Waals surface area (Å²) in [7, 11) is 1.58. The first-order chi connectivity index (χ1) is 38.9. The van der Waals surface area contributed by atoms with Crippen LogP contribution in [0, 0.1) is 12.8 Å². The Bertz CT molecular complexity index is 2540. The minimum Gasteiger partial charge on any atom is -0.448 e. The number of oxazole rings is 1. The fraction of sp³-hybridized carbons (Fsp3) is 0.623. The number of carbonyl (C=O) groups excluding carboxylic acids is 11. The van der Waals surface area contributed by atoms with Crippen LogP contribution in [0.1, 0.15) is 116 Å². The second kappa shape index (κ2) is 33.3. The van der Waals surface area contributed by atoms with Crippen LogP contribution in [0.15, 0.2) is 41.0 Å². The highest BCUT2D eigenvalue weighted by Gasteiger charge is 2.37. The number of aryl methyl sites for hydroxylation is 1. The first-order valence-electron chi connectivity index (χ1n) is 27.4. The number of aliphatic hydroxyl groups is 2. The largest absolute Gasteiger partial charge is 0.448 e. The highest BCUT2D eigenvalue weighted by atomic mass is 16.6. The molecule has 30 heteroatoms. The van der Waals surface area contributed by atoms with Crippen molar-refractivity contribution in [2.45, 2.75) is 173 Å². The van der Waals surface area contributed by atoms with Gasteiger partial charge in [-0.05, 0) is 98.6 Å². The Balaban J connectivity index is 2.21. The van der Waals surface area contributed by atoms with Gasteiger partial charge in [-0.25, -0.2) is 14.6 Å². The zero-order valence-electron chi connectivity index (χ0n) is 49.1. The van der Waals surface area contributed by atoms with Gasteiger partial charge in [-0.1, -0.05) is 44.2 Å². The van der Waals surface area contributed by atoms with Gasteiger partial charge in [0.1, 0.15) is 65.8 Å². The fourth-order valence-electron chi connectivity index (χ4n) is 8.03. The monoisotopic (exact) mass is 1170 g/mol. The molecule has 1 fully saturated rings. The molecule has 9 atom stereocenters. The summed E-state index contributed by atoms with van der Waals surface area (Å²) >= 11 is 0. The summed E-state index contributed by atoms with van der Waals surface area (Å²) in [5, 5.41) is 52.0. The van der Waals surface area contributed by atoms with Crippen LogP contribution in [0.5, 0.6) is 0 Å². The lowest BCUT2D eigenvalue weighted by Crippen LogP contribution is -2.61. The van der Waals surface area contributed by atoms with Crippen molar-refractivity contribution in [3.63, 3.8) is 0 Å². The highest BCUT2D eigenvalue weighted by molar-refractivity contribution is 6.04. The molecule has 1 aromatic carbocycles. The number of carbonyl (C=O) groups is 11. The molecule has 1 aliphatic heterocycles. The third kappa shape index (κ3) is 25.4. The van der Waals surface area contributed by atoms with Crippen LogP contribution in [0.25, 0.3) is 0 Å². The van der Waals surface area contributed by atoms with E-state index in [2.05, 4.69) is 68.7 Å². The van der Waals surface area contributed by atoms with E-state index >= 15 is 0 Å². The van der Waals surface area contributed by atoms with Gasteiger partial charge < -0.3 is 87.8 Å². The van der Waals surface area contributed by atoms with E-state index in [0.717, 1.165) is 6.26 Å². The number of ether oxygens (including phenoxy) is 2. The first-order valence-corrected chi connectivity index (χ1v) is 27.4. The van der Waals surface area contributed by atoms with Gasteiger partial charge in [-0.2, -0.15) is 0 Å². The topological polar surface area (TPSA) is 417 Å². The van der Waals surface area contributed by atoms with Crippen molar-refractivity contribution in [3.8, 4) is 0 Å². The third-order valence-corrected chi connectivity index (χ3v) is 12.1. The Labute approximate surface area is 483 Å². The number of hydrogen-bond acceptors (Lipinski definition) is 18. The van der Waals surface area contributed by atoms with Crippen LogP contribution in [-0.2, 0) is 54.3 Å². The molecule has 14 N–H and O–H groups in total. The van der Waals surface area contributed by atoms with Gasteiger partial charge in [0.05, 0.1) is 12.7 Å². The summed E-state index contributed by atoms with van der Waals surface area (Å²) in [6, 6.07) is -4.04.